The molecule has 1 aromatic carbocycles. The van der Waals surface area contributed by atoms with Gasteiger partial charge in [-0.1, -0.05) is 18.2 Å². The number of halogens is 2. The highest BCUT2D eigenvalue weighted by Gasteiger charge is 2.14. The summed E-state index contributed by atoms with van der Waals surface area (Å²) in [4.78, 5) is 0. The van der Waals surface area contributed by atoms with Crippen molar-refractivity contribution in [1.29, 1.82) is 0 Å². The molecule has 21 heavy (non-hydrogen) atoms. The number of hydrogen-bond acceptors (Lipinski definition) is 2. The van der Waals surface area contributed by atoms with Gasteiger partial charge in [-0.2, -0.15) is 8.78 Å². The number of aromatic nitrogens is 1. The van der Waals surface area contributed by atoms with Crippen LogP contribution in [0.15, 0.2) is 42.7 Å². The fourth-order valence-corrected chi connectivity index (χ4v) is 2.21. The zero-order valence-electron chi connectivity index (χ0n) is 12.2. The van der Waals surface area contributed by atoms with Gasteiger partial charge in [0.25, 0.3) is 0 Å². The van der Waals surface area contributed by atoms with Crippen molar-refractivity contribution >= 4 is 0 Å². The third kappa shape index (κ3) is 4.29. The fourth-order valence-electron chi connectivity index (χ4n) is 2.21. The zero-order chi connectivity index (χ0) is 15.2. The predicted octanol–water partition coefficient (Wildman–Crippen LogP) is 3.96. The lowest BCUT2D eigenvalue weighted by Crippen LogP contribution is -2.19. The minimum absolute atomic E-state index is 0.0788. The summed E-state index contributed by atoms with van der Waals surface area (Å²) in [6.45, 7) is 2.82. The summed E-state index contributed by atoms with van der Waals surface area (Å²) in [7, 11) is 0. The van der Waals surface area contributed by atoms with E-state index in [4.69, 9.17) is 0 Å². The van der Waals surface area contributed by atoms with Crippen LogP contribution in [0.3, 0.4) is 0 Å². The number of alkyl halides is 2. The van der Waals surface area contributed by atoms with Gasteiger partial charge in [-0.05, 0) is 31.5 Å². The normalized spacial score (nSPS) is 12.6. The quantitative estimate of drug-likeness (QED) is 0.836. The lowest BCUT2D eigenvalue weighted by Gasteiger charge is -2.17. The minimum atomic E-state index is -2.81. The largest absolute Gasteiger partial charge is 0.434 e. The first kappa shape index (κ1) is 15.5. The maximum absolute atomic E-state index is 12.4. The first-order chi connectivity index (χ1) is 10.1. The molecule has 0 fully saturated rings. The van der Waals surface area contributed by atoms with Crippen LogP contribution in [0.1, 0.15) is 31.0 Å². The first-order valence-electron chi connectivity index (χ1n) is 7.02. The molecule has 0 bridgehead atoms. The Kier molecular flexibility index (Phi) is 5.33. The second kappa shape index (κ2) is 7.22. The molecule has 1 heterocycles. The van der Waals surface area contributed by atoms with Gasteiger partial charge in [-0.25, -0.2) is 0 Å². The Morgan fingerprint density at radius 1 is 1.24 bits per heavy atom. The Bertz CT molecular complexity index is 569. The van der Waals surface area contributed by atoms with E-state index in [2.05, 4.69) is 27.7 Å². The summed E-state index contributed by atoms with van der Waals surface area (Å²) < 4.78 is 31.5. The maximum atomic E-state index is 12.4. The van der Waals surface area contributed by atoms with E-state index in [1.165, 1.54) is 0 Å². The van der Waals surface area contributed by atoms with E-state index in [-0.39, 0.29) is 11.8 Å². The number of hydrogen-bond donors (Lipinski definition) is 1. The number of benzene rings is 1. The van der Waals surface area contributed by atoms with Gasteiger partial charge >= 0.3 is 6.61 Å². The molecule has 0 radical (unpaired) electrons. The molecule has 2 aromatic rings. The molecule has 0 saturated carbocycles. The van der Waals surface area contributed by atoms with E-state index >= 15 is 0 Å². The highest BCUT2D eigenvalue weighted by molar-refractivity contribution is 5.35. The maximum Gasteiger partial charge on any atom is 0.387 e. The fraction of sp³-hybridized carbons (Fsp3) is 0.375. The number of nitrogens with one attached hydrogen (secondary N) is 1. The highest BCUT2D eigenvalue weighted by atomic mass is 19.3. The lowest BCUT2D eigenvalue weighted by molar-refractivity contribution is -0.0506. The molecule has 0 amide bonds. The molecule has 0 saturated heterocycles. The predicted molar refractivity (Wildman–Crippen MR) is 78.4 cm³/mol. The topological polar surface area (TPSA) is 26.2 Å². The summed E-state index contributed by atoms with van der Waals surface area (Å²) in [5.74, 6) is 0.221. The molecule has 3 nitrogen and oxygen atoms in total. The van der Waals surface area contributed by atoms with Gasteiger partial charge in [-0.15, -0.1) is 0 Å². The zero-order valence-corrected chi connectivity index (χ0v) is 12.2. The second-order valence-electron chi connectivity index (χ2n) is 4.87. The third-order valence-electron chi connectivity index (χ3n) is 3.39. The molecular weight excluding hydrogens is 274 g/mol. The summed E-state index contributed by atoms with van der Waals surface area (Å²) >= 11 is 0. The van der Waals surface area contributed by atoms with E-state index in [0.29, 0.717) is 6.54 Å². The Labute approximate surface area is 123 Å². The van der Waals surface area contributed by atoms with Gasteiger partial charge in [-0.3, -0.25) is 0 Å². The van der Waals surface area contributed by atoms with Crippen molar-refractivity contribution in [3.63, 3.8) is 0 Å². The minimum Gasteiger partial charge on any atom is -0.434 e. The molecule has 1 aromatic heterocycles. The SMILES string of the molecule is CCn1ccc(CNC(C)c2ccccc2OC(F)F)c1. The molecule has 114 valence electrons. The van der Waals surface area contributed by atoms with Crippen LogP contribution in [0.4, 0.5) is 8.78 Å². The van der Waals surface area contributed by atoms with E-state index in [0.717, 1.165) is 17.7 Å². The molecular formula is C16H20F2N2O. The van der Waals surface area contributed by atoms with Crippen LogP contribution in [-0.4, -0.2) is 11.2 Å². The van der Waals surface area contributed by atoms with Gasteiger partial charge in [0, 0.05) is 37.1 Å². The van der Waals surface area contributed by atoms with Crippen LogP contribution < -0.4 is 10.1 Å². The van der Waals surface area contributed by atoms with Crippen molar-refractivity contribution in [3.8, 4) is 5.75 Å². The van der Waals surface area contributed by atoms with Crippen LogP contribution in [-0.2, 0) is 13.1 Å². The summed E-state index contributed by atoms with van der Waals surface area (Å²) in [5, 5.41) is 3.33. The molecule has 5 heteroatoms. The number of nitrogens with zero attached hydrogens (tertiary/aromatic N) is 1. The van der Waals surface area contributed by atoms with Crippen molar-refractivity contribution in [2.45, 2.75) is 39.6 Å². The number of aryl methyl sites for hydroxylation is 1. The number of ether oxygens (including phenoxy) is 1. The van der Waals surface area contributed by atoms with E-state index < -0.39 is 6.61 Å². The Morgan fingerprint density at radius 3 is 2.67 bits per heavy atom. The van der Waals surface area contributed by atoms with Crippen LogP contribution in [0.2, 0.25) is 0 Å². The molecule has 0 spiro atoms. The average Bonchev–Trinajstić information content (AvgIpc) is 2.93. The number of para-hydroxylation sites is 1. The molecule has 1 atom stereocenters. The lowest BCUT2D eigenvalue weighted by atomic mass is 10.1. The van der Waals surface area contributed by atoms with Gasteiger partial charge < -0.3 is 14.6 Å². The molecule has 0 aliphatic rings. The van der Waals surface area contributed by atoms with Gasteiger partial charge in [0.15, 0.2) is 0 Å². The standard InChI is InChI=1S/C16H20F2N2O/c1-3-20-9-8-13(11-20)10-19-12(2)14-6-4-5-7-15(14)21-16(17)18/h4-9,11-12,16,19H,3,10H2,1-2H3. The highest BCUT2D eigenvalue weighted by Crippen LogP contribution is 2.26. The smallest absolute Gasteiger partial charge is 0.387 e. The van der Waals surface area contributed by atoms with E-state index in [1.807, 2.05) is 25.3 Å². The van der Waals surface area contributed by atoms with Crippen LogP contribution in [0, 0.1) is 0 Å². The molecule has 0 aliphatic carbocycles. The van der Waals surface area contributed by atoms with Crippen LogP contribution in [0.5, 0.6) is 5.75 Å². The van der Waals surface area contributed by atoms with Crippen molar-refractivity contribution in [2.75, 3.05) is 0 Å². The van der Waals surface area contributed by atoms with Gasteiger partial charge in [0.1, 0.15) is 5.75 Å². The molecule has 1 unspecified atom stereocenters. The third-order valence-corrected chi connectivity index (χ3v) is 3.39. The Hall–Kier alpha value is -1.88. The van der Waals surface area contributed by atoms with Crippen molar-refractivity contribution in [2.24, 2.45) is 0 Å². The van der Waals surface area contributed by atoms with Crippen LogP contribution >= 0.6 is 0 Å². The van der Waals surface area contributed by atoms with E-state index in [9.17, 15) is 8.78 Å². The molecule has 0 aliphatic heterocycles. The van der Waals surface area contributed by atoms with Crippen molar-refractivity contribution in [1.82, 2.24) is 9.88 Å². The Balaban J connectivity index is 2.01. The van der Waals surface area contributed by atoms with Crippen molar-refractivity contribution < 1.29 is 13.5 Å². The van der Waals surface area contributed by atoms with Crippen LogP contribution in [0.25, 0.3) is 0 Å². The molecule has 2 rings (SSSR count). The summed E-state index contributed by atoms with van der Waals surface area (Å²) in [6, 6.07) is 8.84. The summed E-state index contributed by atoms with van der Waals surface area (Å²) in [6.07, 6.45) is 4.09. The summed E-state index contributed by atoms with van der Waals surface area (Å²) in [5.41, 5.74) is 1.89. The number of rotatable bonds is 7. The Morgan fingerprint density at radius 2 is 2.00 bits per heavy atom. The van der Waals surface area contributed by atoms with E-state index in [1.54, 1.807) is 18.2 Å². The average molecular weight is 294 g/mol. The van der Waals surface area contributed by atoms with Gasteiger partial charge in [0.05, 0.1) is 0 Å². The monoisotopic (exact) mass is 294 g/mol. The first-order valence-corrected chi connectivity index (χ1v) is 7.02. The molecule has 1 N–H and O–H groups in total. The second-order valence-corrected chi connectivity index (χ2v) is 4.87. The van der Waals surface area contributed by atoms with Gasteiger partial charge in [0.2, 0.25) is 0 Å². The van der Waals surface area contributed by atoms with Crippen molar-refractivity contribution in [3.05, 3.63) is 53.9 Å².